The van der Waals surface area contributed by atoms with E-state index >= 15 is 0 Å². The molecule has 1 fully saturated rings. The largest absolute Gasteiger partial charge is 0.497 e. The normalized spacial score (nSPS) is 14.1. The first kappa shape index (κ1) is 23.1. The first-order chi connectivity index (χ1) is 16.1. The third-order valence-electron chi connectivity index (χ3n) is 6.18. The number of ether oxygens (including phenoxy) is 2. The summed E-state index contributed by atoms with van der Waals surface area (Å²) in [4.78, 5) is 17.1. The first-order valence-corrected chi connectivity index (χ1v) is 12.3. The number of carbonyl (C=O) groups excluding carboxylic acids is 1. The first-order valence-electron chi connectivity index (χ1n) is 11.5. The number of amides is 1. The van der Waals surface area contributed by atoms with Gasteiger partial charge in [0, 0.05) is 30.1 Å². The molecular weight excluding hydrogens is 434 g/mol. The molecule has 174 valence electrons. The summed E-state index contributed by atoms with van der Waals surface area (Å²) < 4.78 is 13.2. The van der Waals surface area contributed by atoms with Crippen molar-refractivity contribution in [3.8, 4) is 33.5 Å². The lowest BCUT2D eigenvalue weighted by molar-refractivity contribution is 0.201. The van der Waals surface area contributed by atoms with Crippen molar-refractivity contribution in [2.75, 3.05) is 13.7 Å². The summed E-state index contributed by atoms with van der Waals surface area (Å²) in [6.45, 7) is 6.92. The van der Waals surface area contributed by atoms with Gasteiger partial charge < -0.3 is 19.4 Å². The van der Waals surface area contributed by atoms with Gasteiger partial charge in [-0.1, -0.05) is 25.3 Å². The van der Waals surface area contributed by atoms with Crippen LogP contribution >= 0.6 is 11.3 Å². The second-order valence-corrected chi connectivity index (χ2v) is 9.28. The predicted octanol–water partition coefficient (Wildman–Crippen LogP) is 6.45. The number of hydrogen-bond acceptors (Lipinski definition) is 5. The standard InChI is InChI=1S/C26H31N3O3S/c1-4-14-27-26(30)32-24-15-23(29(18(24)2)16-19-8-6-5-7-9-19)22-17-33-25(28-22)20-10-12-21(31-3)13-11-20/h4,10-13,15,17,19H,1,5-9,14,16H2,2-3H3,(H,27,30). The van der Waals surface area contributed by atoms with Crippen molar-refractivity contribution in [3.05, 3.63) is 54.1 Å². The molecule has 0 aliphatic heterocycles. The summed E-state index contributed by atoms with van der Waals surface area (Å²) in [5, 5.41) is 5.70. The molecule has 6 nitrogen and oxygen atoms in total. The molecule has 2 heterocycles. The van der Waals surface area contributed by atoms with E-state index in [4.69, 9.17) is 14.5 Å². The van der Waals surface area contributed by atoms with Gasteiger partial charge in [-0.3, -0.25) is 0 Å². The van der Waals surface area contributed by atoms with Gasteiger partial charge in [-0.15, -0.1) is 17.9 Å². The quantitative estimate of drug-likeness (QED) is 0.388. The third kappa shape index (κ3) is 5.47. The highest BCUT2D eigenvalue weighted by molar-refractivity contribution is 7.13. The van der Waals surface area contributed by atoms with Gasteiger partial charge in [-0.05, 0) is 49.9 Å². The number of carbonyl (C=O) groups is 1. The molecule has 4 rings (SSSR count). The van der Waals surface area contributed by atoms with Crippen molar-refractivity contribution >= 4 is 17.4 Å². The fourth-order valence-electron chi connectivity index (χ4n) is 4.35. The van der Waals surface area contributed by atoms with E-state index in [1.54, 1.807) is 24.5 Å². The van der Waals surface area contributed by atoms with Crippen LogP contribution in [0.15, 0.2) is 48.4 Å². The second-order valence-electron chi connectivity index (χ2n) is 8.42. The van der Waals surface area contributed by atoms with E-state index in [1.807, 2.05) is 37.3 Å². The summed E-state index contributed by atoms with van der Waals surface area (Å²) >= 11 is 1.61. The molecule has 2 aromatic heterocycles. The van der Waals surface area contributed by atoms with E-state index in [0.29, 0.717) is 18.2 Å². The minimum atomic E-state index is -0.475. The van der Waals surface area contributed by atoms with Crippen LogP contribution in [0.3, 0.4) is 0 Å². The molecule has 1 saturated carbocycles. The van der Waals surface area contributed by atoms with Gasteiger partial charge in [-0.2, -0.15) is 0 Å². The van der Waals surface area contributed by atoms with Gasteiger partial charge >= 0.3 is 6.09 Å². The number of rotatable bonds is 8. The maximum Gasteiger partial charge on any atom is 0.412 e. The topological polar surface area (TPSA) is 65.4 Å². The van der Waals surface area contributed by atoms with Gasteiger partial charge in [-0.25, -0.2) is 9.78 Å². The van der Waals surface area contributed by atoms with E-state index in [-0.39, 0.29) is 0 Å². The summed E-state index contributed by atoms with van der Waals surface area (Å²) in [6, 6.07) is 9.87. The van der Waals surface area contributed by atoms with Crippen molar-refractivity contribution < 1.29 is 14.3 Å². The van der Waals surface area contributed by atoms with Crippen molar-refractivity contribution in [1.82, 2.24) is 14.9 Å². The van der Waals surface area contributed by atoms with Crippen LogP contribution in [0.2, 0.25) is 0 Å². The summed E-state index contributed by atoms with van der Waals surface area (Å²) in [5.41, 5.74) is 3.88. The molecule has 0 unspecified atom stereocenters. The van der Waals surface area contributed by atoms with Crippen LogP contribution < -0.4 is 14.8 Å². The number of aromatic nitrogens is 2. The number of benzene rings is 1. The number of methoxy groups -OCH3 is 1. The molecule has 1 amide bonds. The Morgan fingerprint density at radius 1 is 1.27 bits per heavy atom. The SMILES string of the molecule is C=CCNC(=O)Oc1cc(-c2csc(-c3ccc(OC)cc3)n2)n(CC2CCCCC2)c1C. The molecular formula is C26H31N3O3S. The van der Waals surface area contributed by atoms with Gasteiger partial charge in [0.05, 0.1) is 24.2 Å². The number of nitrogens with zero attached hydrogens (tertiary/aromatic N) is 2. The van der Waals surface area contributed by atoms with Crippen molar-refractivity contribution in [3.63, 3.8) is 0 Å². The van der Waals surface area contributed by atoms with Gasteiger partial charge in [0.15, 0.2) is 5.75 Å². The molecule has 7 heteroatoms. The van der Waals surface area contributed by atoms with Crippen molar-refractivity contribution in [1.29, 1.82) is 0 Å². The van der Waals surface area contributed by atoms with Gasteiger partial charge in [0.25, 0.3) is 0 Å². The van der Waals surface area contributed by atoms with E-state index in [0.717, 1.165) is 39.9 Å². The van der Waals surface area contributed by atoms with E-state index < -0.39 is 6.09 Å². The molecule has 3 aromatic rings. The lowest BCUT2D eigenvalue weighted by Gasteiger charge is -2.24. The van der Waals surface area contributed by atoms with Crippen LogP contribution in [0.5, 0.6) is 11.5 Å². The van der Waals surface area contributed by atoms with Gasteiger partial charge in [0.2, 0.25) is 0 Å². The molecule has 0 atom stereocenters. The maximum absolute atomic E-state index is 12.2. The highest BCUT2D eigenvalue weighted by atomic mass is 32.1. The minimum Gasteiger partial charge on any atom is -0.497 e. The highest BCUT2D eigenvalue weighted by Crippen LogP contribution is 2.36. The molecule has 0 radical (unpaired) electrons. The molecule has 1 aliphatic rings. The molecule has 0 spiro atoms. The Balaban J connectivity index is 1.64. The van der Waals surface area contributed by atoms with Crippen LogP contribution in [0.25, 0.3) is 22.0 Å². The number of thiazole rings is 1. The molecule has 1 N–H and O–H groups in total. The summed E-state index contributed by atoms with van der Waals surface area (Å²) in [6.07, 6.45) is 7.52. The maximum atomic E-state index is 12.2. The zero-order chi connectivity index (χ0) is 23.2. The van der Waals surface area contributed by atoms with Crippen LogP contribution in [-0.4, -0.2) is 29.3 Å². The summed E-state index contributed by atoms with van der Waals surface area (Å²) in [5.74, 6) is 2.02. The number of nitrogens with one attached hydrogen (secondary N) is 1. The zero-order valence-corrected chi connectivity index (χ0v) is 20.1. The van der Waals surface area contributed by atoms with Crippen LogP contribution in [0.1, 0.15) is 37.8 Å². The van der Waals surface area contributed by atoms with Crippen molar-refractivity contribution in [2.45, 2.75) is 45.6 Å². The van der Waals surface area contributed by atoms with Crippen LogP contribution in [-0.2, 0) is 6.54 Å². The smallest absolute Gasteiger partial charge is 0.412 e. The molecule has 0 bridgehead atoms. The summed E-state index contributed by atoms with van der Waals surface area (Å²) in [7, 11) is 1.66. The molecule has 0 saturated heterocycles. The number of hydrogen-bond donors (Lipinski definition) is 1. The molecule has 33 heavy (non-hydrogen) atoms. The Kier molecular flexibility index (Phi) is 7.50. The average Bonchev–Trinajstić information content (AvgIpc) is 3.44. The fraction of sp³-hybridized carbons (Fsp3) is 0.385. The second kappa shape index (κ2) is 10.7. The Hall–Kier alpha value is -3.06. The van der Waals surface area contributed by atoms with Crippen molar-refractivity contribution in [2.24, 2.45) is 5.92 Å². The van der Waals surface area contributed by atoms with E-state index in [9.17, 15) is 4.79 Å². The zero-order valence-electron chi connectivity index (χ0n) is 19.3. The Labute approximate surface area is 199 Å². The average molecular weight is 466 g/mol. The lowest BCUT2D eigenvalue weighted by atomic mass is 9.89. The van der Waals surface area contributed by atoms with Crippen LogP contribution in [0.4, 0.5) is 4.79 Å². The highest BCUT2D eigenvalue weighted by Gasteiger charge is 2.22. The van der Waals surface area contributed by atoms with Crippen LogP contribution in [0, 0.1) is 12.8 Å². The Morgan fingerprint density at radius 2 is 2.03 bits per heavy atom. The molecule has 1 aliphatic carbocycles. The van der Waals surface area contributed by atoms with E-state index in [1.165, 1.54) is 32.1 Å². The Morgan fingerprint density at radius 3 is 2.73 bits per heavy atom. The minimum absolute atomic E-state index is 0.366. The monoisotopic (exact) mass is 465 g/mol. The predicted molar refractivity (Wildman–Crippen MR) is 133 cm³/mol. The Bertz CT molecular complexity index is 1090. The van der Waals surface area contributed by atoms with E-state index in [2.05, 4.69) is 21.8 Å². The fourth-order valence-corrected chi connectivity index (χ4v) is 5.17. The molecule has 1 aromatic carbocycles. The third-order valence-corrected chi connectivity index (χ3v) is 7.07. The lowest BCUT2D eigenvalue weighted by Crippen LogP contribution is -2.26. The van der Waals surface area contributed by atoms with Gasteiger partial charge in [0.1, 0.15) is 10.8 Å².